The predicted octanol–water partition coefficient (Wildman–Crippen LogP) is 3.43. The van der Waals surface area contributed by atoms with E-state index in [1.54, 1.807) is 12.2 Å². The normalized spacial score (nSPS) is 13.0. The Morgan fingerprint density at radius 1 is 1.28 bits per heavy atom. The molecule has 1 rings (SSSR count). The third-order valence-corrected chi connectivity index (χ3v) is 2.84. The highest BCUT2D eigenvalue weighted by Gasteiger charge is 2.09. The molecule has 1 unspecified atom stereocenters. The third kappa shape index (κ3) is 5.00. The summed E-state index contributed by atoms with van der Waals surface area (Å²) in [6, 6.07) is 10.3. The van der Waals surface area contributed by atoms with Gasteiger partial charge in [0.05, 0.1) is 0 Å². The van der Waals surface area contributed by atoms with Gasteiger partial charge in [-0.3, -0.25) is 4.79 Å². The molecule has 0 heterocycles. The van der Waals surface area contributed by atoms with Crippen molar-refractivity contribution in [3.8, 4) is 0 Å². The average molecular weight is 243 g/mol. The van der Waals surface area contributed by atoms with E-state index in [0.29, 0.717) is 12.5 Å². The molecule has 1 atom stereocenters. The van der Waals surface area contributed by atoms with Crippen molar-refractivity contribution < 1.29 is 4.79 Å². The van der Waals surface area contributed by atoms with Crippen LogP contribution in [0.15, 0.2) is 54.6 Å². The van der Waals surface area contributed by atoms with Crippen molar-refractivity contribution in [3.63, 3.8) is 0 Å². The maximum atomic E-state index is 11.5. The van der Waals surface area contributed by atoms with E-state index in [9.17, 15) is 4.79 Å². The minimum atomic E-state index is -0.0394. The molecule has 0 aliphatic heterocycles. The van der Waals surface area contributed by atoms with E-state index in [0.717, 1.165) is 6.42 Å². The number of hydrogen-bond acceptors (Lipinski definition) is 1. The molecule has 0 aromatic heterocycles. The van der Waals surface area contributed by atoms with E-state index in [1.165, 1.54) is 5.56 Å². The van der Waals surface area contributed by atoms with Gasteiger partial charge in [-0.2, -0.15) is 0 Å². The first-order valence-electron chi connectivity index (χ1n) is 6.40. The van der Waals surface area contributed by atoms with Crippen LogP contribution in [0.3, 0.4) is 0 Å². The number of hydrogen-bond donors (Lipinski definition) is 1. The van der Waals surface area contributed by atoms with Gasteiger partial charge in [-0.05, 0) is 18.9 Å². The number of allylic oxidation sites excluding steroid dienone is 3. The first kappa shape index (κ1) is 14.2. The van der Waals surface area contributed by atoms with Crippen LogP contribution in [0.2, 0.25) is 0 Å². The van der Waals surface area contributed by atoms with Gasteiger partial charge >= 0.3 is 0 Å². The Kier molecular flexibility index (Phi) is 6.55. The Labute approximate surface area is 109 Å². The molecule has 2 nitrogen and oxygen atoms in total. The number of carbonyl (C=O) groups is 1. The molecule has 0 saturated heterocycles. The summed E-state index contributed by atoms with van der Waals surface area (Å²) in [5.41, 5.74) is 1.28. The van der Waals surface area contributed by atoms with Gasteiger partial charge in [-0.1, -0.05) is 55.5 Å². The predicted molar refractivity (Wildman–Crippen MR) is 76.4 cm³/mol. The second-order valence-electron chi connectivity index (χ2n) is 4.15. The lowest BCUT2D eigenvalue weighted by molar-refractivity contribution is -0.116. The molecule has 1 aromatic rings. The molecular formula is C16H21NO. The second kappa shape index (κ2) is 8.29. The van der Waals surface area contributed by atoms with Gasteiger partial charge in [0, 0.05) is 18.5 Å². The first-order chi connectivity index (χ1) is 8.77. The highest BCUT2D eigenvalue weighted by atomic mass is 16.1. The Morgan fingerprint density at radius 2 is 2.00 bits per heavy atom. The summed E-state index contributed by atoms with van der Waals surface area (Å²) >= 11 is 0. The Balaban J connectivity index is 2.48. The zero-order valence-electron chi connectivity index (χ0n) is 11.1. The number of rotatable bonds is 6. The van der Waals surface area contributed by atoms with Crippen LogP contribution in [0.5, 0.6) is 0 Å². The summed E-state index contributed by atoms with van der Waals surface area (Å²) in [5.74, 6) is 0.341. The molecule has 96 valence electrons. The van der Waals surface area contributed by atoms with Crippen molar-refractivity contribution in [1.82, 2.24) is 5.32 Å². The number of nitrogens with one attached hydrogen (secondary N) is 1. The standard InChI is InChI=1S/C16H21NO/c1-3-5-7-12-16(18)17-13-14(4-2)15-10-8-6-9-11-15/h3,5-12,14H,4,13H2,1-2H3,(H,17,18)/b5-3+,12-7+. The van der Waals surface area contributed by atoms with Crippen molar-refractivity contribution in [2.45, 2.75) is 26.2 Å². The Morgan fingerprint density at radius 3 is 2.61 bits per heavy atom. The maximum absolute atomic E-state index is 11.5. The van der Waals surface area contributed by atoms with Gasteiger partial charge in [0.25, 0.3) is 0 Å². The second-order valence-corrected chi connectivity index (χ2v) is 4.15. The minimum absolute atomic E-state index is 0.0394. The van der Waals surface area contributed by atoms with Crippen LogP contribution in [0.4, 0.5) is 0 Å². The fourth-order valence-corrected chi connectivity index (χ4v) is 1.76. The minimum Gasteiger partial charge on any atom is -0.352 e. The number of amides is 1. The Bertz CT molecular complexity index is 406. The molecule has 0 radical (unpaired) electrons. The van der Waals surface area contributed by atoms with E-state index in [-0.39, 0.29) is 5.91 Å². The van der Waals surface area contributed by atoms with Crippen molar-refractivity contribution in [2.75, 3.05) is 6.54 Å². The van der Waals surface area contributed by atoms with E-state index in [2.05, 4.69) is 24.4 Å². The largest absolute Gasteiger partial charge is 0.352 e. The van der Waals surface area contributed by atoms with Gasteiger partial charge in [0.2, 0.25) is 5.91 Å². The van der Waals surface area contributed by atoms with Gasteiger partial charge < -0.3 is 5.32 Å². The summed E-state index contributed by atoms with van der Waals surface area (Å²) < 4.78 is 0. The maximum Gasteiger partial charge on any atom is 0.243 e. The van der Waals surface area contributed by atoms with Gasteiger partial charge in [0.1, 0.15) is 0 Å². The SMILES string of the molecule is C/C=C/C=C/C(=O)NCC(CC)c1ccccc1. The van der Waals surface area contributed by atoms with Crippen LogP contribution in [0.1, 0.15) is 31.7 Å². The van der Waals surface area contributed by atoms with Crippen LogP contribution >= 0.6 is 0 Å². The number of benzene rings is 1. The van der Waals surface area contributed by atoms with Gasteiger partial charge in [0.15, 0.2) is 0 Å². The molecule has 2 heteroatoms. The van der Waals surface area contributed by atoms with Crippen LogP contribution in [-0.2, 0) is 4.79 Å². The topological polar surface area (TPSA) is 29.1 Å². The highest BCUT2D eigenvalue weighted by Crippen LogP contribution is 2.17. The average Bonchev–Trinajstić information content (AvgIpc) is 2.41. The summed E-state index contributed by atoms with van der Waals surface area (Å²) in [5, 5.41) is 2.93. The van der Waals surface area contributed by atoms with Crippen molar-refractivity contribution in [1.29, 1.82) is 0 Å². The fraction of sp³-hybridized carbons (Fsp3) is 0.312. The van der Waals surface area contributed by atoms with Crippen molar-refractivity contribution in [2.24, 2.45) is 0 Å². The molecular weight excluding hydrogens is 222 g/mol. The van der Waals surface area contributed by atoms with E-state index in [4.69, 9.17) is 0 Å². The number of carbonyl (C=O) groups excluding carboxylic acids is 1. The zero-order valence-corrected chi connectivity index (χ0v) is 11.1. The smallest absolute Gasteiger partial charge is 0.243 e. The van der Waals surface area contributed by atoms with Crippen molar-refractivity contribution in [3.05, 3.63) is 60.2 Å². The molecule has 0 saturated carbocycles. The molecule has 1 aromatic carbocycles. The van der Waals surface area contributed by atoms with Crippen LogP contribution < -0.4 is 5.32 Å². The summed E-state index contributed by atoms with van der Waals surface area (Å²) in [6.45, 7) is 4.74. The molecule has 1 amide bonds. The fourth-order valence-electron chi connectivity index (χ4n) is 1.76. The van der Waals surface area contributed by atoms with E-state index in [1.807, 2.05) is 37.3 Å². The molecule has 1 N–H and O–H groups in total. The lowest BCUT2D eigenvalue weighted by atomic mass is 9.96. The van der Waals surface area contributed by atoms with Crippen LogP contribution in [-0.4, -0.2) is 12.5 Å². The Hall–Kier alpha value is -1.83. The lowest BCUT2D eigenvalue weighted by Crippen LogP contribution is -2.26. The van der Waals surface area contributed by atoms with E-state index >= 15 is 0 Å². The summed E-state index contributed by atoms with van der Waals surface area (Å²) in [6.07, 6.45) is 8.05. The molecule has 0 aliphatic carbocycles. The quantitative estimate of drug-likeness (QED) is 0.602. The molecule has 0 fully saturated rings. The molecule has 0 spiro atoms. The summed E-state index contributed by atoms with van der Waals surface area (Å²) in [7, 11) is 0. The van der Waals surface area contributed by atoms with E-state index < -0.39 is 0 Å². The van der Waals surface area contributed by atoms with Gasteiger partial charge in [-0.15, -0.1) is 0 Å². The van der Waals surface area contributed by atoms with Gasteiger partial charge in [-0.25, -0.2) is 0 Å². The third-order valence-electron chi connectivity index (χ3n) is 2.84. The molecule has 0 aliphatic rings. The molecule has 0 bridgehead atoms. The monoisotopic (exact) mass is 243 g/mol. The molecule has 18 heavy (non-hydrogen) atoms. The van der Waals surface area contributed by atoms with Crippen LogP contribution in [0, 0.1) is 0 Å². The summed E-state index contributed by atoms with van der Waals surface area (Å²) in [4.78, 5) is 11.5. The zero-order chi connectivity index (χ0) is 13.2. The lowest BCUT2D eigenvalue weighted by Gasteiger charge is -2.15. The van der Waals surface area contributed by atoms with Crippen molar-refractivity contribution >= 4 is 5.91 Å². The first-order valence-corrected chi connectivity index (χ1v) is 6.40. The van der Waals surface area contributed by atoms with Crippen LogP contribution in [0.25, 0.3) is 0 Å². The highest BCUT2D eigenvalue weighted by molar-refractivity contribution is 5.87.